The van der Waals surface area contributed by atoms with Crippen molar-refractivity contribution in [1.29, 1.82) is 0 Å². The molecule has 1 saturated heterocycles. The topological polar surface area (TPSA) is 78.9 Å². The van der Waals surface area contributed by atoms with E-state index in [1.54, 1.807) is 24.1 Å². The molecule has 0 saturated carbocycles. The Labute approximate surface area is 238 Å². The second-order valence-corrected chi connectivity index (χ2v) is 12.8. The van der Waals surface area contributed by atoms with Crippen LogP contribution in [-0.4, -0.2) is 41.1 Å². The Bertz CT molecular complexity index is 1330. The maximum atomic E-state index is 14.1. The molecule has 6 nitrogen and oxygen atoms in total. The summed E-state index contributed by atoms with van der Waals surface area (Å²) in [5, 5.41) is 14.4. The van der Waals surface area contributed by atoms with Crippen LogP contribution in [0, 0.1) is 11.3 Å². The number of nitrogens with zero attached hydrogens (tertiary/aromatic N) is 1. The van der Waals surface area contributed by atoms with E-state index >= 15 is 0 Å². The van der Waals surface area contributed by atoms with Gasteiger partial charge in [0.25, 0.3) is 5.91 Å². The van der Waals surface area contributed by atoms with Crippen LogP contribution in [0.25, 0.3) is 0 Å². The van der Waals surface area contributed by atoms with Gasteiger partial charge in [0.2, 0.25) is 0 Å². The molecule has 3 aromatic rings. The zero-order valence-electron chi connectivity index (χ0n) is 24.6. The Morgan fingerprint density at radius 1 is 0.900 bits per heavy atom. The third-order valence-electron chi connectivity index (χ3n) is 7.99. The van der Waals surface area contributed by atoms with Gasteiger partial charge in [-0.25, -0.2) is 4.79 Å². The Hall–Kier alpha value is -3.64. The van der Waals surface area contributed by atoms with Crippen molar-refractivity contribution in [2.45, 2.75) is 71.6 Å². The van der Waals surface area contributed by atoms with E-state index in [0.29, 0.717) is 12.1 Å². The average Bonchev–Trinajstić information content (AvgIpc) is 3.28. The molecule has 212 valence electrons. The lowest BCUT2D eigenvalue weighted by atomic mass is 9.72. The second-order valence-electron chi connectivity index (χ2n) is 12.8. The molecule has 1 amide bonds. The zero-order valence-corrected chi connectivity index (χ0v) is 24.6. The molecule has 0 unspecified atom stereocenters. The third kappa shape index (κ3) is 5.92. The third-order valence-corrected chi connectivity index (χ3v) is 7.99. The number of carboxylic acids is 1. The summed E-state index contributed by atoms with van der Waals surface area (Å²) in [6.07, 6.45) is 0. The fourth-order valence-electron chi connectivity index (χ4n) is 6.05. The van der Waals surface area contributed by atoms with Crippen molar-refractivity contribution in [3.63, 3.8) is 0 Å². The van der Waals surface area contributed by atoms with Crippen molar-refractivity contribution < 1.29 is 19.4 Å². The lowest BCUT2D eigenvalue weighted by Crippen LogP contribution is -2.48. The SMILES string of the molecule is COc1ccc(C(C)(C)C)cc1CN[C@H]1[C@H](C(C)(C)C)[C@@H](C(=O)O)N(C(=O)c2ccccc2)[C@H]1c1ccccc1. The minimum Gasteiger partial charge on any atom is -0.496 e. The van der Waals surface area contributed by atoms with Crippen LogP contribution in [0.5, 0.6) is 5.75 Å². The number of nitrogens with one attached hydrogen (secondary N) is 1. The predicted molar refractivity (Wildman–Crippen MR) is 158 cm³/mol. The van der Waals surface area contributed by atoms with Crippen LogP contribution in [0.1, 0.15) is 74.6 Å². The van der Waals surface area contributed by atoms with Gasteiger partial charge in [0, 0.05) is 29.6 Å². The Balaban J connectivity index is 1.85. The molecule has 4 atom stereocenters. The number of carboxylic acid groups (broad SMARTS) is 1. The molecular formula is C34H42N2O4. The van der Waals surface area contributed by atoms with Gasteiger partial charge >= 0.3 is 5.97 Å². The van der Waals surface area contributed by atoms with Crippen LogP contribution in [0.2, 0.25) is 0 Å². The molecule has 0 aromatic heterocycles. The highest BCUT2D eigenvalue weighted by molar-refractivity contribution is 5.97. The van der Waals surface area contributed by atoms with Crippen molar-refractivity contribution in [3.8, 4) is 5.75 Å². The summed E-state index contributed by atoms with van der Waals surface area (Å²) in [7, 11) is 1.66. The maximum Gasteiger partial charge on any atom is 0.326 e. The van der Waals surface area contributed by atoms with Crippen molar-refractivity contribution in [2.75, 3.05) is 7.11 Å². The van der Waals surface area contributed by atoms with E-state index < -0.39 is 23.5 Å². The smallest absolute Gasteiger partial charge is 0.326 e. The standard InChI is InChI=1S/C34H42N2O4/c1-33(2,3)25-18-19-26(40-7)24(20-25)21-35-28-27(34(4,5)6)30(32(38)39)36(29(28)22-14-10-8-11-15-22)31(37)23-16-12-9-13-17-23/h8-20,27-30,35H,21H2,1-7H3,(H,38,39)/t27-,28-,29-,30-/m0/s1. The lowest BCUT2D eigenvalue weighted by molar-refractivity contribution is -0.144. The molecule has 0 radical (unpaired) electrons. The van der Waals surface area contributed by atoms with Crippen LogP contribution in [0.15, 0.2) is 78.9 Å². The number of aliphatic carboxylic acids is 1. The van der Waals surface area contributed by atoms with Crippen LogP contribution in [-0.2, 0) is 16.8 Å². The first kappa shape index (κ1) is 29.3. The number of likely N-dealkylation sites (tertiary alicyclic amines) is 1. The van der Waals surface area contributed by atoms with E-state index in [1.807, 2.05) is 54.6 Å². The number of hydrogen-bond acceptors (Lipinski definition) is 4. The van der Waals surface area contributed by atoms with E-state index in [9.17, 15) is 14.7 Å². The number of ether oxygens (including phenoxy) is 1. The van der Waals surface area contributed by atoms with Crippen LogP contribution >= 0.6 is 0 Å². The molecule has 0 aliphatic carbocycles. The molecule has 40 heavy (non-hydrogen) atoms. The van der Waals surface area contributed by atoms with Crippen molar-refractivity contribution in [1.82, 2.24) is 10.2 Å². The molecule has 0 bridgehead atoms. The molecule has 1 aliphatic heterocycles. The van der Waals surface area contributed by atoms with Crippen molar-refractivity contribution in [2.24, 2.45) is 11.3 Å². The van der Waals surface area contributed by atoms with E-state index in [4.69, 9.17) is 4.74 Å². The van der Waals surface area contributed by atoms with Gasteiger partial charge < -0.3 is 20.1 Å². The summed E-state index contributed by atoms with van der Waals surface area (Å²) in [4.78, 5) is 28.7. The van der Waals surface area contributed by atoms with Crippen LogP contribution in [0.4, 0.5) is 0 Å². The number of amides is 1. The molecular weight excluding hydrogens is 500 g/mol. The van der Waals surface area contributed by atoms with Gasteiger partial charge in [0.1, 0.15) is 11.8 Å². The quantitative estimate of drug-likeness (QED) is 0.358. The Kier molecular flexibility index (Phi) is 8.41. The summed E-state index contributed by atoms with van der Waals surface area (Å²) in [5.74, 6) is -0.886. The highest BCUT2D eigenvalue weighted by atomic mass is 16.5. The summed E-state index contributed by atoms with van der Waals surface area (Å²) >= 11 is 0. The van der Waals surface area contributed by atoms with E-state index in [0.717, 1.165) is 16.9 Å². The number of carbonyl (C=O) groups excluding carboxylic acids is 1. The predicted octanol–water partition coefficient (Wildman–Crippen LogP) is 6.46. The second kappa shape index (κ2) is 11.5. The van der Waals surface area contributed by atoms with Crippen molar-refractivity contribution >= 4 is 11.9 Å². The monoisotopic (exact) mass is 542 g/mol. The Morgan fingerprint density at radius 2 is 1.50 bits per heavy atom. The first-order valence-corrected chi connectivity index (χ1v) is 13.9. The first-order chi connectivity index (χ1) is 18.8. The molecule has 1 fully saturated rings. The van der Waals surface area contributed by atoms with E-state index in [1.165, 1.54) is 5.56 Å². The van der Waals surface area contributed by atoms with Gasteiger partial charge in [-0.15, -0.1) is 0 Å². The molecule has 2 N–H and O–H groups in total. The molecule has 0 spiro atoms. The molecule has 1 heterocycles. The summed E-state index contributed by atoms with van der Waals surface area (Å²) < 4.78 is 5.71. The fourth-order valence-corrected chi connectivity index (χ4v) is 6.05. The van der Waals surface area contributed by atoms with Crippen LogP contribution in [0.3, 0.4) is 0 Å². The van der Waals surface area contributed by atoms with Gasteiger partial charge in [0.05, 0.1) is 13.2 Å². The molecule has 4 rings (SSSR count). The number of methoxy groups -OCH3 is 1. The van der Waals surface area contributed by atoms with E-state index in [-0.39, 0.29) is 23.3 Å². The number of benzene rings is 3. The minimum atomic E-state index is -1.02. The summed E-state index contributed by atoms with van der Waals surface area (Å²) in [5.41, 5.74) is 3.10. The number of hydrogen-bond donors (Lipinski definition) is 2. The van der Waals surface area contributed by atoms with Gasteiger partial charge in [-0.2, -0.15) is 0 Å². The highest BCUT2D eigenvalue weighted by Gasteiger charge is 2.57. The summed E-state index contributed by atoms with van der Waals surface area (Å²) in [6.45, 7) is 13.2. The minimum absolute atomic E-state index is 0.0395. The Morgan fingerprint density at radius 3 is 2.02 bits per heavy atom. The van der Waals surface area contributed by atoms with Crippen LogP contribution < -0.4 is 10.1 Å². The van der Waals surface area contributed by atoms with Crippen molar-refractivity contribution in [3.05, 3.63) is 101 Å². The van der Waals surface area contributed by atoms with Gasteiger partial charge in [-0.05, 0) is 40.2 Å². The zero-order chi connectivity index (χ0) is 29.2. The first-order valence-electron chi connectivity index (χ1n) is 13.9. The number of rotatable bonds is 7. The molecule has 1 aliphatic rings. The number of carbonyl (C=O) groups is 2. The average molecular weight is 543 g/mol. The normalized spacial score (nSPS) is 21.3. The fraction of sp³-hybridized carbons (Fsp3) is 0.412. The maximum absolute atomic E-state index is 14.1. The molecule has 3 aromatic carbocycles. The highest BCUT2D eigenvalue weighted by Crippen LogP contribution is 2.48. The molecule has 6 heteroatoms. The lowest BCUT2D eigenvalue weighted by Gasteiger charge is -2.35. The summed E-state index contributed by atoms with van der Waals surface area (Å²) in [6, 6.07) is 23.1. The van der Waals surface area contributed by atoms with Gasteiger partial charge in [-0.1, -0.05) is 102 Å². The largest absolute Gasteiger partial charge is 0.496 e. The van der Waals surface area contributed by atoms with Gasteiger partial charge in [-0.3, -0.25) is 4.79 Å². The van der Waals surface area contributed by atoms with Gasteiger partial charge in [0.15, 0.2) is 0 Å². The van der Waals surface area contributed by atoms with E-state index in [2.05, 4.69) is 59.0 Å².